The number of pyridine rings is 2. The van der Waals surface area contributed by atoms with Crippen LogP contribution < -0.4 is 14.8 Å². The second-order valence-electron chi connectivity index (χ2n) is 7.91. The number of fused-ring (bicyclic) bond motifs is 1. The number of piperidine rings is 1. The van der Waals surface area contributed by atoms with Crippen LogP contribution in [-0.2, 0) is 0 Å². The molecule has 2 aromatic heterocycles. The van der Waals surface area contributed by atoms with Crippen molar-refractivity contribution in [1.82, 2.24) is 14.9 Å². The molecule has 0 radical (unpaired) electrons. The van der Waals surface area contributed by atoms with Crippen LogP contribution in [0.5, 0.6) is 11.5 Å². The van der Waals surface area contributed by atoms with Gasteiger partial charge in [-0.1, -0.05) is 0 Å². The van der Waals surface area contributed by atoms with Crippen LogP contribution in [0.4, 0.5) is 11.4 Å². The summed E-state index contributed by atoms with van der Waals surface area (Å²) in [7, 11) is 3.20. The van der Waals surface area contributed by atoms with E-state index in [4.69, 9.17) is 9.47 Å². The fraction of sp³-hybridized carbons (Fsp3) is 0.375. The number of aryl methyl sites for hydroxylation is 1. The summed E-state index contributed by atoms with van der Waals surface area (Å²) in [6, 6.07) is 9.69. The third-order valence-corrected chi connectivity index (χ3v) is 5.82. The lowest BCUT2D eigenvalue weighted by Crippen LogP contribution is -2.42. The fourth-order valence-corrected chi connectivity index (χ4v) is 4.08. The third-order valence-electron chi connectivity index (χ3n) is 5.82. The number of benzene rings is 1. The number of carbonyl (C=O) groups is 1. The summed E-state index contributed by atoms with van der Waals surface area (Å²) in [5.41, 5.74) is 3.51. The smallest absolute Gasteiger partial charge is 0.257 e. The van der Waals surface area contributed by atoms with E-state index in [-0.39, 0.29) is 11.9 Å². The molecule has 1 saturated heterocycles. The lowest BCUT2D eigenvalue weighted by molar-refractivity contribution is 0.0636. The predicted octanol–water partition coefficient (Wildman–Crippen LogP) is 4.71. The highest BCUT2D eigenvalue weighted by Gasteiger charge is 2.27. The molecule has 1 fully saturated rings. The number of nitrogens with zero attached hydrogens (tertiary/aromatic N) is 3. The summed E-state index contributed by atoms with van der Waals surface area (Å²) in [6.45, 7) is 4.80. The van der Waals surface area contributed by atoms with Crippen molar-refractivity contribution in [2.75, 3.05) is 26.1 Å². The van der Waals surface area contributed by atoms with Crippen LogP contribution in [-0.4, -0.2) is 47.6 Å². The van der Waals surface area contributed by atoms with Crippen molar-refractivity contribution < 1.29 is 14.3 Å². The maximum absolute atomic E-state index is 13.5. The molecule has 1 aromatic carbocycles. The van der Waals surface area contributed by atoms with Crippen LogP contribution in [0.15, 0.2) is 36.5 Å². The molecule has 0 bridgehead atoms. The molecule has 1 aliphatic rings. The molecule has 7 nitrogen and oxygen atoms in total. The molecule has 4 rings (SSSR count). The second kappa shape index (κ2) is 8.79. The van der Waals surface area contributed by atoms with Crippen LogP contribution in [0.1, 0.15) is 42.2 Å². The van der Waals surface area contributed by atoms with E-state index >= 15 is 0 Å². The molecule has 162 valence electrons. The zero-order chi connectivity index (χ0) is 22.0. The van der Waals surface area contributed by atoms with Gasteiger partial charge in [-0.15, -0.1) is 0 Å². The number of nitrogens with one attached hydrogen (secondary N) is 1. The summed E-state index contributed by atoms with van der Waals surface area (Å²) in [5.74, 6) is 1.24. The fourth-order valence-electron chi connectivity index (χ4n) is 4.08. The number of amides is 1. The Kier molecular flexibility index (Phi) is 5.93. The van der Waals surface area contributed by atoms with Gasteiger partial charge in [0.25, 0.3) is 5.91 Å². The van der Waals surface area contributed by atoms with Crippen molar-refractivity contribution in [2.24, 2.45) is 0 Å². The maximum Gasteiger partial charge on any atom is 0.257 e. The summed E-state index contributed by atoms with van der Waals surface area (Å²) >= 11 is 0. The van der Waals surface area contributed by atoms with E-state index in [1.165, 1.54) is 0 Å². The number of anilines is 2. The topological polar surface area (TPSA) is 76.6 Å². The van der Waals surface area contributed by atoms with Gasteiger partial charge in [-0.25, -0.2) is 9.97 Å². The minimum absolute atomic E-state index is 0.00912. The van der Waals surface area contributed by atoms with E-state index < -0.39 is 0 Å². The highest BCUT2D eigenvalue weighted by Crippen LogP contribution is 2.35. The zero-order valence-corrected chi connectivity index (χ0v) is 18.4. The van der Waals surface area contributed by atoms with Gasteiger partial charge in [0, 0.05) is 41.6 Å². The number of hydrogen-bond acceptors (Lipinski definition) is 6. The van der Waals surface area contributed by atoms with Gasteiger partial charge in [-0.3, -0.25) is 4.79 Å². The quantitative estimate of drug-likeness (QED) is 0.644. The largest absolute Gasteiger partial charge is 0.493 e. The average molecular weight is 421 g/mol. The van der Waals surface area contributed by atoms with Crippen molar-refractivity contribution in [3.05, 3.63) is 47.8 Å². The average Bonchev–Trinajstić information content (AvgIpc) is 2.78. The first-order chi connectivity index (χ1) is 15.0. The number of aromatic nitrogens is 2. The van der Waals surface area contributed by atoms with Crippen LogP contribution in [0.2, 0.25) is 0 Å². The highest BCUT2D eigenvalue weighted by molar-refractivity contribution is 6.07. The summed E-state index contributed by atoms with van der Waals surface area (Å²) in [4.78, 5) is 24.5. The molecule has 3 heterocycles. The second-order valence-corrected chi connectivity index (χ2v) is 7.91. The summed E-state index contributed by atoms with van der Waals surface area (Å²) in [6.07, 6.45) is 4.84. The van der Waals surface area contributed by atoms with Crippen molar-refractivity contribution in [3.63, 3.8) is 0 Å². The Balaban J connectivity index is 1.81. The Bertz CT molecular complexity index is 1120. The third kappa shape index (κ3) is 4.13. The van der Waals surface area contributed by atoms with Crippen molar-refractivity contribution in [3.8, 4) is 11.5 Å². The number of hydrogen-bond donors (Lipinski definition) is 1. The van der Waals surface area contributed by atoms with E-state index in [9.17, 15) is 4.79 Å². The van der Waals surface area contributed by atoms with Gasteiger partial charge in [0.15, 0.2) is 17.1 Å². The standard InChI is InChI=1S/C24H28N4O3/c1-15-8-10-18-22(27-17-9-11-20(30-3)21(13-17)31-4)19(14-25-23(18)26-15)24(29)28-12-6-5-7-16(28)2/h8-11,13-14,16H,5-7,12H2,1-4H3,(H,25,26,27)/t16-/m0/s1. The van der Waals surface area contributed by atoms with Gasteiger partial charge in [-0.2, -0.15) is 0 Å². The molecular weight excluding hydrogens is 392 g/mol. The van der Waals surface area contributed by atoms with E-state index in [0.717, 1.165) is 42.6 Å². The monoisotopic (exact) mass is 420 g/mol. The lowest BCUT2D eigenvalue weighted by atomic mass is 10.0. The molecular formula is C24H28N4O3. The Morgan fingerprint density at radius 2 is 1.94 bits per heavy atom. The number of rotatable bonds is 5. The predicted molar refractivity (Wildman–Crippen MR) is 121 cm³/mol. The van der Waals surface area contributed by atoms with Gasteiger partial charge in [0.05, 0.1) is 25.5 Å². The molecule has 31 heavy (non-hydrogen) atoms. The Morgan fingerprint density at radius 3 is 2.68 bits per heavy atom. The SMILES string of the molecule is COc1ccc(Nc2c(C(=O)N3CCCC[C@@H]3C)cnc3nc(C)ccc23)cc1OC. The van der Waals surface area contributed by atoms with Crippen molar-refractivity contribution in [2.45, 2.75) is 39.2 Å². The van der Waals surface area contributed by atoms with Crippen molar-refractivity contribution in [1.29, 1.82) is 0 Å². The molecule has 1 amide bonds. The molecule has 7 heteroatoms. The molecule has 0 spiro atoms. The zero-order valence-electron chi connectivity index (χ0n) is 18.4. The van der Waals surface area contributed by atoms with Gasteiger partial charge in [-0.05, 0) is 57.4 Å². The van der Waals surface area contributed by atoms with Crippen LogP contribution >= 0.6 is 0 Å². The molecule has 0 aliphatic carbocycles. The molecule has 0 unspecified atom stereocenters. The van der Waals surface area contributed by atoms with E-state index in [1.807, 2.05) is 42.2 Å². The van der Waals surface area contributed by atoms with Crippen LogP contribution in [0.25, 0.3) is 11.0 Å². The van der Waals surface area contributed by atoms with Crippen molar-refractivity contribution >= 4 is 28.3 Å². The Labute approximate surface area is 182 Å². The highest BCUT2D eigenvalue weighted by atomic mass is 16.5. The molecule has 3 aromatic rings. The number of likely N-dealkylation sites (tertiary alicyclic amines) is 1. The first-order valence-electron chi connectivity index (χ1n) is 10.6. The molecule has 0 saturated carbocycles. The Morgan fingerprint density at radius 1 is 1.13 bits per heavy atom. The van der Waals surface area contributed by atoms with Gasteiger partial charge in [0.1, 0.15) is 0 Å². The van der Waals surface area contributed by atoms with Gasteiger partial charge >= 0.3 is 0 Å². The first kappa shape index (κ1) is 20.9. The normalized spacial score (nSPS) is 16.3. The number of methoxy groups -OCH3 is 2. The van der Waals surface area contributed by atoms with E-state index in [0.29, 0.717) is 28.4 Å². The lowest BCUT2D eigenvalue weighted by Gasteiger charge is -2.34. The minimum Gasteiger partial charge on any atom is -0.493 e. The van der Waals surface area contributed by atoms with Crippen LogP contribution in [0.3, 0.4) is 0 Å². The number of ether oxygens (including phenoxy) is 2. The minimum atomic E-state index is -0.00912. The van der Waals surface area contributed by atoms with Crippen LogP contribution in [0, 0.1) is 6.92 Å². The first-order valence-corrected chi connectivity index (χ1v) is 10.6. The summed E-state index contributed by atoms with van der Waals surface area (Å²) < 4.78 is 10.8. The molecule has 1 aliphatic heterocycles. The maximum atomic E-state index is 13.5. The van der Waals surface area contributed by atoms with Gasteiger partial charge < -0.3 is 19.7 Å². The summed E-state index contributed by atoms with van der Waals surface area (Å²) in [5, 5.41) is 4.23. The van der Waals surface area contributed by atoms with E-state index in [1.54, 1.807) is 20.4 Å². The Hall–Kier alpha value is -3.35. The van der Waals surface area contributed by atoms with E-state index in [2.05, 4.69) is 22.2 Å². The molecule has 1 atom stereocenters. The number of carbonyl (C=O) groups excluding carboxylic acids is 1. The molecule has 1 N–H and O–H groups in total. The van der Waals surface area contributed by atoms with Gasteiger partial charge in [0.2, 0.25) is 0 Å².